The van der Waals surface area contributed by atoms with E-state index in [2.05, 4.69) is 42.8 Å². The first kappa shape index (κ1) is 19.0. The highest BCUT2D eigenvalue weighted by Gasteiger charge is 2.25. The lowest BCUT2D eigenvalue weighted by atomic mass is 9.86. The third kappa shape index (κ3) is 4.91. The van der Waals surface area contributed by atoms with E-state index in [0.29, 0.717) is 12.8 Å². The smallest absolute Gasteiger partial charge is 0.137 e. The maximum absolute atomic E-state index is 12.5. The molecule has 0 N–H and O–H groups in total. The number of aliphatic imine (C=N–C) groups is 1. The fraction of sp³-hybridized carbons (Fsp3) is 0.280. The molecule has 1 unspecified atom stereocenters. The molecule has 0 radical (unpaired) electrons. The Hall–Kier alpha value is -2.74. The van der Waals surface area contributed by atoms with Gasteiger partial charge >= 0.3 is 0 Å². The van der Waals surface area contributed by atoms with Crippen LogP contribution in [-0.2, 0) is 17.6 Å². The monoisotopic (exact) mass is 357 g/mol. The molecule has 2 nitrogen and oxygen atoms in total. The van der Waals surface area contributed by atoms with Gasteiger partial charge in [0.05, 0.1) is 5.71 Å². The van der Waals surface area contributed by atoms with Crippen molar-refractivity contribution in [2.45, 2.75) is 39.0 Å². The van der Waals surface area contributed by atoms with Gasteiger partial charge in [0.1, 0.15) is 5.78 Å². The van der Waals surface area contributed by atoms with Crippen LogP contribution in [0.5, 0.6) is 0 Å². The highest BCUT2D eigenvalue weighted by molar-refractivity contribution is 6.05. The van der Waals surface area contributed by atoms with Crippen molar-refractivity contribution in [2.24, 2.45) is 10.9 Å². The van der Waals surface area contributed by atoms with Crippen molar-refractivity contribution in [1.82, 2.24) is 0 Å². The fourth-order valence-corrected chi connectivity index (χ4v) is 3.62. The van der Waals surface area contributed by atoms with Gasteiger partial charge in [-0.15, -0.1) is 6.58 Å². The van der Waals surface area contributed by atoms with Gasteiger partial charge in [0.25, 0.3) is 0 Å². The SMILES string of the molecule is C=CCC1C(CCC(=O)Cc2cccc(CC)c2)=CN=C1c1ccccc1. The first-order valence-electron chi connectivity index (χ1n) is 9.73. The lowest BCUT2D eigenvalue weighted by Crippen LogP contribution is -2.15. The molecule has 0 saturated carbocycles. The maximum Gasteiger partial charge on any atom is 0.137 e. The average molecular weight is 357 g/mol. The van der Waals surface area contributed by atoms with E-state index in [0.717, 1.165) is 36.1 Å². The summed E-state index contributed by atoms with van der Waals surface area (Å²) >= 11 is 0. The van der Waals surface area contributed by atoms with Crippen molar-refractivity contribution in [1.29, 1.82) is 0 Å². The van der Waals surface area contributed by atoms with Gasteiger partial charge in [-0.3, -0.25) is 9.79 Å². The topological polar surface area (TPSA) is 29.4 Å². The molecule has 0 fully saturated rings. The third-order valence-corrected chi connectivity index (χ3v) is 5.11. The summed E-state index contributed by atoms with van der Waals surface area (Å²) in [5.74, 6) is 0.524. The van der Waals surface area contributed by atoms with E-state index in [4.69, 9.17) is 0 Å². The van der Waals surface area contributed by atoms with Crippen molar-refractivity contribution in [3.63, 3.8) is 0 Å². The number of rotatable bonds is 9. The first-order valence-corrected chi connectivity index (χ1v) is 9.73. The number of nitrogens with zero attached hydrogens (tertiary/aromatic N) is 1. The molecule has 1 atom stereocenters. The van der Waals surface area contributed by atoms with Crippen LogP contribution >= 0.6 is 0 Å². The molecule has 2 aromatic rings. The second-order valence-electron chi connectivity index (χ2n) is 7.05. The molecule has 1 heterocycles. The third-order valence-electron chi connectivity index (χ3n) is 5.11. The molecule has 0 aromatic heterocycles. The number of hydrogen-bond acceptors (Lipinski definition) is 2. The van der Waals surface area contributed by atoms with E-state index in [-0.39, 0.29) is 11.7 Å². The molecule has 0 aliphatic carbocycles. The van der Waals surface area contributed by atoms with Crippen LogP contribution < -0.4 is 0 Å². The number of ketones is 1. The largest absolute Gasteiger partial charge is 0.299 e. The Morgan fingerprint density at radius 2 is 1.89 bits per heavy atom. The minimum absolute atomic E-state index is 0.237. The van der Waals surface area contributed by atoms with Crippen LogP contribution in [0.1, 0.15) is 42.9 Å². The van der Waals surface area contributed by atoms with E-state index < -0.39 is 0 Å². The Balaban J connectivity index is 1.60. The van der Waals surface area contributed by atoms with Crippen LogP contribution in [0.15, 0.2) is 84.0 Å². The Kier molecular flexibility index (Phi) is 6.54. The first-order chi connectivity index (χ1) is 13.2. The number of Topliss-reactive ketones (excluding diaryl/α,β-unsaturated/α-hetero) is 1. The quantitative estimate of drug-likeness (QED) is 0.528. The van der Waals surface area contributed by atoms with Gasteiger partial charge in [-0.1, -0.05) is 67.6 Å². The molecule has 0 spiro atoms. The summed E-state index contributed by atoms with van der Waals surface area (Å²) in [5, 5.41) is 0. The molecule has 0 bridgehead atoms. The van der Waals surface area contributed by atoms with Gasteiger partial charge in [0.15, 0.2) is 0 Å². The Bertz CT molecular complexity index is 861. The average Bonchev–Trinajstić information content (AvgIpc) is 3.10. The molecular formula is C25H27NO. The number of aryl methyl sites for hydroxylation is 1. The molecular weight excluding hydrogens is 330 g/mol. The minimum atomic E-state index is 0.237. The molecule has 0 amide bonds. The van der Waals surface area contributed by atoms with E-state index in [9.17, 15) is 4.79 Å². The van der Waals surface area contributed by atoms with E-state index in [1.165, 1.54) is 11.1 Å². The van der Waals surface area contributed by atoms with Crippen LogP contribution in [-0.4, -0.2) is 11.5 Å². The van der Waals surface area contributed by atoms with Crippen LogP contribution in [0.2, 0.25) is 0 Å². The molecule has 138 valence electrons. The lowest BCUT2D eigenvalue weighted by Gasteiger charge is -2.16. The lowest BCUT2D eigenvalue weighted by molar-refractivity contribution is -0.118. The molecule has 2 aromatic carbocycles. The minimum Gasteiger partial charge on any atom is -0.299 e. The maximum atomic E-state index is 12.5. The second kappa shape index (κ2) is 9.27. The second-order valence-corrected chi connectivity index (χ2v) is 7.05. The molecule has 0 saturated heterocycles. The van der Waals surface area contributed by atoms with Crippen LogP contribution in [0.25, 0.3) is 0 Å². The van der Waals surface area contributed by atoms with Crippen molar-refractivity contribution in [3.8, 4) is 0 Å². The van der Waals surface area contributed by atoms with Crippen molar-refractivity contribution in [2.75, 3.05) is 0 Å². The number of carbonyl (C=O) groups excluding carboxylic acids is 1. The van der Waals surface area contributed by atoms with E-state index in [1.54, 1.807) is 0 Å². The molecule has 3 rings (SSSR count). The highest BCUT2D eigenvalue weighted by atomic mass is 16.1. The molecule has 27 heavy (non-hydrogen) atoms. The predicted molar refractivity (Wildman–Crippen MR) is 113 cm³/mol. The van der Waals surface area contributed by atoms with Crippen molar-refractivity contribution >= 4 is 11.5 Å². The van der Waals surface area contributed by atoms with Gasteiger partial charge in [0, 0.05) is 25.0 Å². The summed E-state index contributed by atoms with van der Waals surface area (Å²) in [6.07, 6.45) is 7.60. The molecule has 1 aliphatic heterocycles. The zero-order valence-electron chi connectivity index (χ0n) is 16.0. The fourth-order valence-electron chi connectivity index (χ4n) is 3.62. The van der Waals surface area contributed by atoms with Crippen LogP contribution in [0.4, 0.5) is 0 Å². The van der Waals surface area contributed by atoms with Gasteiger partial charge in [-0.2, -0.15) is 0 Å². The summed E-state index contributed by atoms with van der Waals surface area (Å²) in [6, 6.07) is 18.6. The van der Waals surface area contributed by atoms with Gasteiger partial charge < -0.3 is 0 Å². The number of allylic oxidation sites excluding steroid dienone is 2. The normalized spacial score (nSPS) is 16.0. The zero-order chi connectivity index (χ0) is 19.1. The summed E-state index contributed by atoms with van der Waals surface area (Å²) in [4.78, 5) is 17.2. The predicted octanol–water partition coefficient (Wildman–Crippen LogP) is 5.72. The Morgan fingerprint density at radius 1 is 1.11 bits per heavy atom. The molecule has 2 heteroatoms. The van der Waals surface area contributed by atoms with Gasteiger partial charge in [0.2, 0.25) is 0 Å². The zero-order valence-corrected chi connectivity index (χ0v) is 16.0. The van der Waals surface area contributed by atoms with Crippen molar-refractivity contribution < 1.29 is 4.79 Å². The Morgan fingerprint density at radius 3 is 2.63 bits per heavy atom. The van der Waals surface area contributed by atoms with E-state index >= 15 is 0 Å². The van der Waals surface area contributed by atoms with Crippen molar-refractivity contribution in [3.05, 3.63) is 95.7 Å². The van der Waals surface area contributed by atoms with Gasteiger partial charge in [-0.25, -0.2) is 0 Å². The van der Waals surface area contributed by atoms with Gasteiger partial charge in [-0.05, 0) is 41.5 Å². The van der Waals surface area contributed by atoms with E-state index in [1.807, 2.05) is 42.6 Å². The summed E-state index contributed by atoms with van der Waals surface area (Å²) in [6.45, 7) is 6.04. The summed E-state index contributed by atoms with van der Waals surface area (Å²) in [7, 11) is 0. The van der Waals surface area contributed by atoms with Crippen LogP contribution in [0, 0.1) is 5.92 Å². The number of carbonyl (C=O) groups is 1. The standard InChI is InChI=1S/C25H27NO/c1-3-9-24-22(18-26-25(24)21-12-6-5-7-13-21)14-15-23(27)17-20-11-8-10-19(4-2)16-20/h3,5-8,10-13,16,18,24H,1,4,9,14-15,17H2,2H3. The summed E-state index contributed by atoms with van der Waals surface area (Å²) < 4.78 is 0. The van der Waals surface area contributed by atoms with Crippen LogP contribution in [0.3, 0.4) is 0 Å². The highest BCUT2D eigenvalue weighted by Crippen LogP contribution is 2.30. The number of hydrogen-bond donors (Lipinski definition) is 0. The molecule has 1 aliphatic rings. The summed E-state index contributed by atoms with van der Waals surface area (Å²) in [5.41, 5.74) is 5.88. The Labute approximate surface area is 162 Å². The number of benzene rings is 2.